The number of amides is 1. The predicted octanol–water partition coefficient (Wildman–Crippen LogP) is 0.280. The molecule has 120 valence electrons. The zero-order chi connectivity index (χ0) is 16.6. The van der Waals surface area contributed by atoms with Crippen LogP contribution in [0.5, 0.6) is 0 Å². The van der Waals surface area contributed by atoms with E-state index in [1.165, 1.54) is 18.2 Å². The Morgan fingerprint density at radius 2 is 2.09 bits per heavy atom. The van der Waals surface area contributed by atoms with E-state index in [4.69, 9.17) is 6.42 Å². The standard InChI is InChI=1S/C15H21N3O3S/c1-4-9-17-22(20,21)14-8-5-7-13(12-14)15(19)16-10-6-11-18(2)3/h1,5,7-8,12,17H,6,9-11H2,2-3H3,(H,16,19). The smallest absolute Gasteiger partial charge is 0.251 e. The third kappa shape index (κ3) is 5.85. The second-order valence-electron chi connectivity index (χ2n) is 4.97. The highest BCUT2D eigenvalue weighted by Gasteiger charge is 2.15. The lowest BCUT2D eigenvalue weighted by Gasteiger charge is -2.10. The lowest BCUT2D eigenvalue weighted by atomic mass is 10.2. The molecule has 7 heteroatoms. The first-order valence-electron chi connectivity index (χ1n) is 6.83. The summed E-state index contributed by atoms with van der Waals surface area (Å²) in [6.45, 7) is 1.30. The van der Waals surface area contributed by atoms with Crippen LogP contribution in [0.15, 0.2) is 29.2 Å². The number of terminal acetylenes is 1. The number of rotatable bonds is 8. The summed E-state index contributed by atoms with van der Waals surface area (Å²) in [5, 5.41) is 2.76. The number of hydrogen-bond acceptors (Lipinski definition) is 4. The van der Waals surface area contributed by atoms with Crippen LogP contribution in [-0.4, -0.2) is 53.0 Å². The van der Waals surface area contributed by atoms with E-state index in [2.05, 4.69) is 16.0 Å². The molecule has 0 heterocycles. The molecule has 0 bridgehead atoms. The molecular weight excluding hydrogens is 302 g/mol. The monoisotopic (exact) mass is 323 g/mol. The van der Waals surface area contributed by atoms with E-state index >= 15 is 0 Å². The SMILES string of the molecule is C#CCNS(=O)(=O)c1cccc(C(=O)NCCCN(C)C)c1. The summed E-state index contributed by atoms with van der Waals surface area (Å²) in [5.41, 5.74) is 0.299. The minimum Gasteiger partial charge on any atom is -0.352 e. The summed E-state index contributed by atoms with van der Waals surface area (Å²) in [6, 6.07) is 5.85. The van der Waals surface area contributed by atoms with Crippen molar-refractivity contribution in [3.63, 3.8) is 0 Å². The Kier molecular flexibility index (Phi) is 7.05. The summed E-state index contributed by atoms with van der Waals surface area (Å²) in [6.07, 6.45) is 5.86. The fraction of sp³-hybridized carbons (Fsp3) is 0.400. The van der Waals surface area contributed by atoms with E-state index in [1.54, 1.807) is 6.07 Å². The molecule has 1 aromatic rings. The first-order valence-corrected chi connectivity index (χ1v) is 8.31. The largest absolute Gasteiger partial charge is 0.352 e. The van der Waals surface area contributed by atoms with Crippen LogP contribution < -0.4 is 10.0 Å². The lowest BCUT2D eigenvalue weighted by Crippen LogP contribution is -2.28. The van der Waals surface area contributed by atoms with E-state index in [0.29, 0.717) is 12.1 Å². The molecule has 0 atom stereocenters. The fourth-order valence-corrected chi connectivity index (χ4v) is 2.70. The van der Waals surface area contributed by atoms with Crippen molar-refractivity contribution in [2.24, 2.45) is 0 Å². The Bertz CT molecular complexity index is 648. The third-order valence-electron chi connectivity index (χ3n) is 2.84. The van der Waals surface area contributed by atoms with Gasteiger partial charge >= 0.3 is 0 Å². The third-order valence-corrected chi connectivity index (χ3v) is 4.24. The van der Waals surface area contributed by atoms with Gasteiger partial charge in [-0.25, -0.2) is 8.42 Å². The highest BCUT2D eigenvalue weighted by molar-refractivity contribution is 7.89. The number of hydrogen-bond donors (Lipinski definition) is 2. The molecule has 0 aliphatic heterocycles. The van der Waals surface area contributed by atoms with Crippen LogP contribution in [0.25, 0.3) is 0 Å². The molecule has 0 unspecified atom stereocenters. The number of carbonyl (C=O) groups excluding carboxylic acids is 1. The maximum absolute atomic E-state index is 12.0. The Hall–Kier alpha value is -1.88. The van der Waals surface area contributed by atoms with Crippen LogP contribution in [-0.2, 0) is 10.0 Å². The van der Waals surface area contributed by atoms with Gasteiger partial charge in [-0.3, -0.25) is 4.79 Å². The van der Waals surface area contributed by atoms with Gasteiger partial charge in [0, 0.05) is 12.1 Å². The molecule has 0 aromatic heterocycles. The van der Waals surface area contributed by atoms with E-state index in [-0.39, 0.29) is 17.3 Å². The molecule has 0 saturated heterocycles. The number of nitrogens with one attached hydrogen (secondary N) is 2. The molecule has 1 aromatic carbocycles. The van der Waals surface area contributed by atoms with Crippen molar-refractivity contribution in [2.75, 3.05) is 33.7 Å². The molecule has 0 aliphatic carbocycles. The molecular formula is C15H21N3O3S. The Morgan fingerprint density at radius 3 is 2.73 bits per heavy atom. The van der Waals surface area contributed by atoms with Gasteiger partial charge < -0.3 is 10.2 Å². The van der Waals surface area contributed by atoms with E-state index in [0.717, 1.165) is 13.0 Å². The maximum Gasteiger partial charge on any atom is 0.251 e. The van der Waals surface area contributed by atoms with Crippen molar-refractivity contribution in [1.29, 1.82) is 0 Å². The van der Waals surface area contributed by atoms with Crippen LogP contribution in [0.3, 0.4) is 0 Å². The normalized spacial score (nSPS) is 11.2. The first kappa shape index (κ1) is 18.2. The first-order chi connectivity index (χ1) is 10.4. The average Bonchev–Trinajstić information content (AvgIpc) is 2.49. The molecule has 1 rings (SSSR count). The minimum atomic E-state index is -3.69. The van der Waals surface area contributed by atoms with E-state index in [1.807, 2.05) is 19.0 Å². The van der Waals surface area contributed by atoms with Gasteiger partial charge in [-0.1, -0.05) is 12.0 Å². The van der Waals surface area contributed by atoms with Gasteiger partial charge in [0.2, 0.25) is 10.0 Å². The van der Waals surface area contributed by atoms with Crippen molar-refractivity contribution in [1.82, 2.24) is 14.9 Å². The Labute approximate surface area is 131 Å². The van der Waals surface area contributed by atoms with Crippen LogP contribution >= 0.6 is 0 Å². The number of nitrogens with zero attached hydrogens (tertiary/aromatic N) is 1. The molecule has 0 radical (unpaired) electrons. The quantitative estimate of drug-likeness (QED) is 0.532. The molecule has 2 N–H and O–H groups in total. The zero-order valence-corrected chi connectivity index (χ0v) is 13.6. The minimum absolute atomic E-state index is 0.0173. The molecule has 0 spiro atoms. The van der Waals surface area contributed by atoms with Gasteiger partial charge in [-0.15, -0.1) is 6.42 Å². The summed E-state index contributed by atoms with van der Waals surface area (Å²) < 4.78 is 26.2. The highest BCUT2D eigenvalue weighted by Crippen LogP contribution is 2.11. The number of carbonyl (C=O) groups is 1. The zero-order valence-electron chi connectivity index (χ0n) is 12.8. The van der Waals surface area contributed by atoms with Gasteiger partial charge in [0.15, 0.2) is 0 Å². The number of benzene rings is 1. The van der Waals surface area contributed by atoms with E-state index < -0.39 is 10.0 Å². The predicted molar refractivity (Wildman–Crippen MR) is 86.0 cm³/mol. The summed E-state index contributed by atoms with van der Waals surface area (Å²) in [5.74, 6) is 1.90. The van der Waals surface area contributed by atoms with Crippen molar-refractivity contribution in [3.8, 4) is 12.3 Å². The molecule has 22 heavy (non-hydrogen) atoms. The van der Waals surface area contributed by atoms with Gasteiger partial charge in [-0.2, -0.15) is 4.72 Å². The van der Waals surface area contributed by atoms with Crippen LogP contribution in [0, 0.1) is 12.3 Å². The van der Waals surface area contributed by atoms with Gasteiger partial charge in [0.05, 0.1) is 11.4 Å². The summed E-state index contributed by atoms with van der Waals surface area (Å²) in [4.78, 5) is 14.1. The van der Waals surface area contributed by atoms with Crippen molar-refractivity contribution < 1.29 is 13.2 Å². The molecule has 6 nitrogen and oxygen atoms in total. The molecule has 0 fully saturated rings. The molecule has 1 amide bonds. The maximum atomic E-state index is 12.0. The second-order valence-corrected chi connectivity index (χ2v) is 6.74. The molecule has 0 saturated carbocycles. The van der Waals surface area contributed by atoms with Gasteiger partial charge in [-0.05, 0) is 45.3 Å². The van der Waals surface area contributed by atoms with Gasteiger partial charge in [0.1, 0.15) is 0 Å². The van der Waals surface area contributed by atoms with Crippen LogP contribution in [0.2, 0.25) is 0 Å². The van der Waals surface area contributed by atoms with Crippen molar-refractivity contribution in [3.05, 3.63) is 29.8 Å². The highest BCUT2D eigenvalue weighted by atomic mass is 32.2. The number of sulfonamides is 1. The van der Waals surface area contributed by atoms with Crippen LogP contribution in [0.1, 0.15) is 16.8 Å². The summed E-state index contributed by atoms with van der Waals surface area (Å²) >= 11 is 0. The molecule has 0 aliphatic rings. The van der Waals surface area contributed by atoms with Crippen molar-refractivity contribution in [2.45, 2.75) is 11.3 Å². The average molecular weight is 323 g/mol. The summed E-state index contributed by atoms with van der Waals surface area (Å²) in [7, 11) is 0.221. The lowest BCUT2D eigenvalue weighted by molar-refractivity contribution is 0.0952. The van der Waals surface area contributed by atoms with Gasteiger partial charge in [0.25, 0.3) is 5.91 Å². The Morgan fingerprint density at radius 1 is 1.36 bits per heavy atom. The van der Waals surface area contributed by atoms with Crippen LogP contribution in [0.4, 0.5) is 0 Å². The van der Waals surface area contributed by atoms with Crippen molar-refractivity contribution >= 4 is 15.9 Å². The Balaban J connectivity index is 2.71. The topological polar surface area (TPSA) is 78.5 Å². The van der Waals surface area contributed by atoms with E-state index in [9.17, 15) is 13.2 Å². The second kappa shape index (κ2) is 8.54. The fourth-order valence-electron chi connectivity index (χ4n) is 1.72.